The molecule has 0 atom stereocenters. The van der Waals surface area contributed by atoms with E-state index in [1.54, 1.807) is 6.08 Å². The number of methoxy groups -OCH3 is 1. The van der Waals surface area contributed by atoms with Gasteiger partial charge in [-0.2, -0.15) is 4.79 Å². The van der Waals surface area contributed by atoms with E-state index in [2.05, 4.69) is 25.5 Å². The van der Waals surface area contributed by atoms with E-state index in [-0.39, 0.29) is 12.1 Å². The van der Waals surface area contributed by atoms with Crippen LogP contribution < -0.4 is 0 Å². The minimum absolute atomic E-state index is 0.0270. The van der Waals surface area contributed by atoms with Crippen LogP contribution in [0.3, 0.4) is 0 Å². The summed E-state index contributed by atoms with van der Waals surface area (Å²) in [7, 11) is 1.24. The highest BCUT2D eigenvalue weighted by atomic mass is 79.9. The van der Waals surface area contributed by atoms with Crippen LogP contribution in [0.1, 0.15) is 12.0 Å². The second kappa shape index (κ2) is 6.78. The molecule has 0 fully saturated rings. The number of nitrogens with zero attached hydrogens (tertiary/aromatic N) is 2. The van der Waals surface area contributed by atoms with Crippen molar-refractivity contribution in [1.29, 1.82) is 0 Å². The van der Waals surface area contributed by atoms with Gasteiger partial charge >= 0.3 is 11.7 Å². The van der Waals surface area contributed by atoms with Gasteiger partial charge in [0.1, 0.15) is 0 Å². The molecular formula is C12H11BrN2O2. The van der Waals surface area contributed by atoms with Gasteiger partial charge in [-0.05, 0) is 17.7 Å². The molecule has 17 heavy (non-hydrogen) atoms. The Morgan fingerprint density at radius 1 is 1.47 bits per heavy atom. The predicted octanol–water partition coefficient (Wildman–Crippen LogP) is 2.70. The van der Waals surface area contributed by atoms with Crippen LogP contribution >= 0.6 is 15.9 Å². The number of esters is 1. The van der Waals surface area contributed by atoms with Crippen LogP contribution in [0.25, 0.3) is 11.6 Å². The molecule has 0 radical (unpaired) electrons. The third-order valence-corrected chi connectivity index (χ3v) is 2.56. The smallest absolute Gasteiger partial charge is 0.416 e. The number of halogens is 1. The Kier molecular flexibility index (Phi) is 5.33. The van der Waals surface area contributed by atoms with Crippen LogP contribution in [-0.4, -0.2) is 23.6 Å². The van der Waals surface area contributed by atoms with Gasteiger partial charge in [-0.15, -0.1) is 0 Å². The number of hydrogen-bond donors (Lipinski definition) is 0. The molecule has 88 valence electrons. The van der Waals surface area contributed by atoms with Gasteiger partial charge in [0.15, 0.2) is 0 Å². The molecule has 0 unspecified atom stereocenters. The first-order valence-corrected chi connectivity index (χ1v) is 5.68. The zero-order valence-corrected chi connectivity index (χ0v) is 10.8. The number of benzene rings is 1. The fraction of sp³-hybridized carbons (Fsp3) is 0.167. The summed E-state index contributed by atoms with van der Waals surface area (Å²) in [5.41, 5.74) is 9.58. The third kappa shape index (κ3) is 4.34. The van der Waals surface area contributed by atoms with Crippen molar-refractivity contribution in [2.24, 2.45) is 0 Å². The summed E-state index contributed by atoms with van der Waals surface area (Å²) in [4.78, 5) is 14.0. The zero-order chi connectivity index (χ0) is 12.7. The molecule has 0 saturated carbocycles. The van der Waals surface area contributed by atoms with Gasteiger partial charge in [-0.25, -0.2) is 4.79 Å². The summed E-state index contributed by atoms with van der Waals surface area (Å²) in [6, 6.07) is 7.69. The van der Waals surface area contributed by atoms with Gasteiger partial charge in [-0.1, -0.05) is 40.2 Å². The standard InChI is InChI=1S/C12H11BrN2O2/c1-17-12(16)11(15-14)4-2-3-9-5-7-10(13)8-6-9/h2-3,5-8H,4H2,1H3/b3-2+. The molecule has 0 bridgehead atoms. The van der Waals surface area contributed by atoms with Gasteiger partial charge in [0.25, 0.3) is 0 Å². The molecule has 1 rings (SSSR count). The average molecular weight is 295 g/mol. The second-order valence-corrected chi connectivity index (χ2v) is 4.11. The van der Waals surface area contributed by atoms with Gasteiger partial charge in [0.05, 0.1) is 13.5 Å². The quantitative estimate of drug-likeness (QED) is 0.371. The Bertz CT molecular complexity index is 474. The summed E-state index contributed by atoms with van der Waals surface area (Å²) in [6.45, 7) is 0. The lowest BCUT2D eigenvalue weighted by Crippen LogP contribution is -2.15. The number of allylic oxidation sites excluding steroid dienone is 1. The monoisotopic (exact) mass is 294 g/mol. The molecule has 0 heterocycles. The van der Waals surface area contributed by atoms with Crippen molar-refractivity contribution in [2.45, 2.75) is 6.42 Å². The summed E-state index contributed by atoms with van der Waals surface area (Å²) in [5.74, 6) is -0.632. The minimum atomic E-state index is -0.632. The molecule has 0 amide bonds. The zero-order valence-electron chi connectivity index (χ0n) is 9.26. The van der Waals surface area contributed by atoms with Crippen LogP contribution in [0.2, 0.25) is 0 Å². The largest absolute Gasteiger partial charge is 0.460 e. The fourth-order valence-corrected chi connectivity index (χ4v) is 1.43. The molecule has 4 nitrogen and oxygen atoms in total. The Morgan fingerprint density at radius 3 is 2.65 bits per heavy atom. The first-order valence-electron chi connectivity index (χ1n) is 4.88. The lowest BCUT2D eigenvalue weighted by Gasteiger charge is -1.93. The molecule has 0 aromatic heterocycles. The number of ether oxygens (including phenoxy) is 1. The highest BCUT2D eigenvalue weighted by Gasteiger charge is 2.18. The highest BCUT2D eigenvalue weighted by molar-refractivity contribution is 9.10. The number of carbonyl (C=O) groups is 1. The maximum absolute atomic E-state index is 11.1. The van der Waals surface area contributed by atoms with Gasteiger partial charge < -0.3 is 10.3 Å². The Hall–Kier alpha value is -1.71. The van der Waals surface area contributed by atoms with Gasteiger partial charge in [0.2, 0.25) is 0 Å². The molecule has 1 aromatic rings. The molecular weight excluding hydrogens is 284 g/mol. The van der Waals surface area contributed by atoms with Crippen LogP contribution in [0, 0.1) is 0 Å². The van der Waals surface area contributed by atoms with Crippen molar-refractivity contribution in [2.75, 3.05) is 7.11 Å². The average Bonchev–Trinajstić information content (AvgIpc) is 2.36. The van der Waals surface area contributed by atoms with Crippen molar-refractivity contribution in [3.8, 4) is 0 Å². The van der Waals surface area contributed by atoms with Crippen molar-refractivity contribution < 1.29 is 14.3 Å². The van der Waals surface area contributed by atoms with E-state index in [9.17, 15) is 4.79 Å². The summed E-state index contributed by atoms with van der Waals surface area (Å²) in [5, 5.41) is 0. The lowest BCUT2D eigenvalue weighted by molar-refractivity contribution is -0.137. The van der Waals surface area contributed by atoms with E-state index in [0.717, 1.165) is 10.0 Å². The lowest BCUT2D eigenvalue weighted by atomic mass is 10.2. The summed E-state index contributed by atoms with van der Waals surface area (Å²) in [6.07, 6.45) is 3.79. The Morgan fingerprint density at radius 2 is 2.12 bits per heavy atom. The van der Waals surface area contributed by atoms with E-state index < -0.39 is 5.97 Å². The fourth-order valence-electron chi connectivity index (χ4n) is 1.16. The predicted molar refractivity (Wildman–Crippen MR) is 68.4 cm³/mol. The minimum Gasteiger partial charge on any atom is -0.460 e. The molecule has 5 heteroatoms. The Balaban J connectivity index is 2.64. The van der Waals surface area contributed by atoms with E-state index >= 15 is 0 Å². The van der Waals surface area contributed by atoms with Crippen LogP contribution in [0.5, 0.6) is 0 Å². The van der Waals surface area contributed by atoms with E-state index in [4.69, 9.17) is 5.53 Å². The number of hydrogen-bond acceptors (Lipinski definition) is 2. The van der Waals surface area contributed by atoms with Crippen molar-refractivity contribution >= 4 is 33.7 Å². The van der Waals surface area contributed by atoms with E-state index in [1.165, 1.54) is 7.11 Å². The topological polar surface area (TPSA) is 62.7 Å². The molecule has 1 aromatic carbocycles. The molecule has 0 spiro atoms. The second-order valence-electron chi connectivity index (χ2n) is 3.20. The third-order valence-electron chi connectivity index (χ3n) is 2.03. The first-order chi connectivity index (χ1) is 8.17. The van der Waals surface area contributed by atoms with Crippen molar-refractivity contribution in [3.05, 3.63) is 45.9 Å². The molecule has 0 aliphatic carbocycles. The van der Waals surface area contributed by atoms with E-state index in [0.29, 0.717) is 0 Å². The normalized spacial score (nSPS) is 10.0. The van der Waals surface area contributed by atoms with Gasteiger partial charge in [-0.3, -0.25) is 0 Å². The number of rotatable bonds is 4. The molecule has 0 N–H and O–H groups in total. The SMILES string of the molecule is COC(=O)C(C/C=C/c1ccc(Br)cc1)=[N+]=[N-]. The summed E-state index contributed by atoms with van der Waals surface area (Å²) < 4.78 is 5.45. The molecule has 0 saturated heterocycles. The van der Waals surface area contributed by atoms with Crippen LogP contribution in [-0.2, 0) is 9.53 Å². The van der Waals surface area contributed by atoms with Crippen molar-refractivity contribution in [1.82, 2.24) is 0 Å². The maximum atomic E-state index is 11.1. The highest BCUT2D eigenvalue weighted by Crippen LogP contribution is 2.11. The molecule has 0 aliphatic rings. The van der Waals surface area contributed by atoms with Crippen LogP contribution in [0.15, 0.2) is 34.8 Å². The van der Waals surface area contributed by atoms with Crippen molar-refractivity contribution in [3.63, 3.8) is 0 Å². The van der Waals surface area contributed by atoms with Gasteiger partial charge in [0, 0.05) is 4.47 Å². The maximum Gasteiger partial charge on any atom is 0.416 e. The summed E-state index contributed by atoms with van der Waals surface area (Å²) >= 11 is 3.34. The Labute approximate surface area is 108 Å². The first kappa shape index (κ1) is 13.4. The number of carbonyl (C=O) groups excluding carboxylic acids is 1. The van der Waals surface area contributed by atoms with Crippen LogP contribution in [0.4, 0.5) is 0 Å². The molecule has 0 aliphatic heterocycles. The van der Waals surface area contributed by atoms with E-state index in [1.807, 2.05) is 30.3 Å².